The monoisotopic (exact) mass is 831 g/mol. The summed E-state index contributed by atoms with van der Waals surface area (Å²) in [5.41, 5.74) is 12.6. The van der Waals surface area contributed by atoms with Crippen molar-refractivity contribution < 1.29 is 30.0 Å². The van der Waals surface area contributed by atoms with E-state index in [0.717, 1.165) is 16.6 Å². The van der Waals surface area contributed by atoms with Gasteiger partial charge in [-0.05, 0) is 71.2 Å². The van der Waals surface area contributed by atoms with Crippen LogP contribution in [-0.2, 0) is 35.7 Å². The molecule has 251 valence electrons. The SMILES string of the molecule is CC(=O)/C=C(/C)O.Cc1c(-c2ccc([Si](C)(C)C)cc2)ccc2c1C(C)(C)c1c-2ccnc1-c1[c-]c2ccccc2c(C(C)(C)C)c1.[Ir]. The first kappa shape index (κ1) is 37.2. The Balaban J connectivity index is 0.000000589. The van der Waals surface area contributed by atoms with Crippen molar-refractivity contribution >= 4 is 29.8 Å². The van der Waals surface area contributed by atoms with E-state index in [-0.39, 0.29) is 42.5 Å². The van der Waals surface area contributed by atoms with Crippen LogP contribution in [0.1, 0.15) is 70.7 Å². The largest absolute Gasteiger partial charge is 0.512 e. The maximum Gasteiger partial charge on any atom is 0.155 e. The average molecular weight is 831 g/mol. The van der Waals surface area contributed by atoms with Crippen LogP contribution in [0.4, 0.5) is 0 Å². The number of nitrogens with zero attached hydrogens (tertiary/aromatic N) is 1. The second-order valence-corrected chi connectivity index (χ2v) is 20.6. The Morgan fingerprint density at radius 2 is 1.48 bits per heavy atom. The molecular formula is C43H48IrNO2Si-. The van der Waals surface area contributed by atoms with Crippen LogP contribution in [0, 0.1) is 13.0 Å². The number of benzene rings is 4. The molecule has 3 nitrogen and oxygen atoms in total. The number of aromatic nitrogens is 1. The van der Waals surface area contributed by atoms with Gasteiger partial charge in [0.2, 0.25) is 0 Å². The van der Waals surface area contributed by atoms with Gasteiger partial charge in [0.1, 0.15) is 0 Å². The van der Waals surface area contributed by atoms with Gasteiger partial charge < -0.3 is 5.11 Å². The Labute approximate surface area is 301 Å². The van der Waals surface area contributed by atoms with Crippen molar-refractivity contribution in [2.45, 2.75) is 85.9 Å². The number of aliphatic hydroxyl groups excluding tert-OH is 1. The topological polar surface area (TPSA) is 50.2 Å². The summed E-state index contributed by atoms with van der Waals surface area (Å²) in [6.07, 6.45) is 3.15. The quantitative estimate of drug-likeness (QED) is 0.0850. The van der Waals surface area contributed by atoms with E-state index in [1.807, 2.05) is 6.20 Å². The summed E-state index contributed by atoms with van der Waals surface area (Å²) in [7, 11) is -1.34. The van der Waals surface area contributed by atoms with Gasteiger partial charge in [-0.25, -0.2) is 0 Å². The number of aliphatic hydroxyl groups is 1. The van der Waals surface area contributed by atoms with E-state index in [1.165, 1.54) is 75.0 Å². The van der Waals surface area contributed by atoms with E-state index in [0.29, 0.717) is 0 Å². The second kappa shape index (κ2) is 13.7. The average Bonchev–Trinajstić information content (AvgIpc) is 3.22. The van der Waals surface area contributed by atoms with E-state index in [2.05, 4.69) is 140 Å². The van der Waals surface area contributed by atoms with Crippen molar-refractivity contribution in [2.24, 2.45) is 0 Å². The third-order valence-corrected chi connectivity index (χ3v) is 11.3. The fourth-order valence-corrected chi connectivity index (χ4v) is 8.29. The molecule has 0 saturated carbocycles. The van der Waals surface area contributed by atoms with Gasteiger partial charge in [0.05, 0.1) is 13.8 Å². The number of carbonyl (C=O) groups excluding carboxylic acids is 1. The minimum atomic E-state index is -1.34. The predicted molar refractivity (Wildman–Crippen MR) is 202 cm³/mol. The van der Waals surface area contributed by atoms with Crippen LogP contribution in [0.5, 0.6) is 0 Å². The Kier molecular flexibility index (Phi) is 10.6. The van der Waals surface area contributed by atoms with Crippen molar-refractivity contribution in [3.8, 4) is 33.5 Å². The zero-order valence-corrected chi connectivity index (χ0v) is 33.6. The fourth-order valence-electron chi connectivity index (χ4n) is 7.12. The van der Waals surface area contributed by atoms with Crippen LogP contribution >= 0.6 is 0 Å². The third kappa shape index (κ3) is 7.20. The van der Waals surface area contributed by atoms with Gasteiger partial charge in [-0.15, -0.1) is 29.1 Å². The molecule has 0 bridgehead atoms. The molecule has 1 aliphatic rings. The van der Waals surface area contributed by atoms with E-state index < -0.39 is 8.07 Å². The molecule has 48 heavy (non-hydrogen) atoms. The summed E-state index contributed by atoms with van der Waals surface area (Å²) in [6, 6.07) is 30.9. The Hall–Kier alpha value is -3.63. The number of pyridine rings is 1. The maximum atomic E-state index is 10.0. The molecule has 0 amide bonds. The number of ketones is 1. The molecule has 1 aromatic heterocycles. The molecule has 0 aliphatic heterocycles. The molecule has 1 N–H and O–H groups in total. The molecule has 1 radical (unpaired) electrons. The predicted octanol–water partition coefficient (Wildman–Crippen LogP) is 10.9. The molecule has 0 saturated heterocycles. The molecule has 0 spiro atoms. The number of hydrogen-bond donors (Lipinski definition) is 1. The second-order valence-electron chi connectivity index (χ2n) is 15.5. The van der Waals surface area contributed by atoms with Gasteiger partial charge in [0.25, 0.3) is 0 Å². The Morgan fingerprint density at radius 1 is 0.875 bits per heavy atom. The first-order valence-corrected chi connectivity index (χ1v) is 20.0. The summed E-state index contributed by atoms with van der Waals surface area (Å²) in [5.74, 6) is -0.0625. The summed E-state index contributed by atoms with van der Waals surface area (Å²) >= 11 is 0. The molecule has 6 rings (SSSR count). The van der Waals surface area contributed by atoms with Crippen LogP contribution in [-0.4, -0.2) is 23.9 Å². The van der Waals surface area contributed by atoms with Crippen molar-refractivity contribution in [1.82, 2.24) is 4.98 Å². The molecule has 0 atom stereocenters. The van der Waals surface area contributed by atoms with Crippen molar-refractivity contribution in [1.29, 1.82) is 0 Å². The number of fused-ring (bicyclic) bond motifs is 4. The number of allylic oxidation sites excluding steroid dienone is 2. The van der Waals surface area contributed by atoms with E-state index in [4.69, 9.17) is 10.1 Å². The smallest absolute Gasteiger partial charge is 0.155 e. The van der Waals surface area contributed by atoms with Gasteiger partial charge in [0, 0.05) is 43.5 Å². The molecule has 1 aliphatic carbocycles. The minimum absolute atomic E-state index is 0. The van der Waals surface area contributed by atoms with E-state index >= 15 is 0 Å². The van der Waals surface area contributed by atoms with Gasteiger partial charge in [-0.2, -0.15) is 0 Å². The van der Waals surface area contributed by atoms with E-state index in [9.17, 15) is 4.79 Å². The molecule has 4 aromatic carbocycles. The third-order valence-electron chi connectivity index (χ3n) is 9.27. The summed E-state index contributed by atoms with van der Waals surface area (Å²) in [4.78, 5) is 15.1. The van der Waals surface area contributed by atoms with Crippen molar-refractivity contribution in [3.05, 3.63) is 119 Å². The van der Waals surface area contributed by atoms with Gasteiger partial charge in [0.15, 0.2) is 5.78 Å². The molecule has 1 heterocycles. The first-order valence-electron chi connectivity index (χ1n) is 16.5. The maximum absolute atomic E-state index is 10.0. The van der Waals surface area contributed by atoms with Crippen LogP contribution < -0.4 is 5.19 Å². The van der Waals surface area contributed by atoms with Gasteiger partial charge >= 0.3 is 0 Å². The Bertz CT molecular complexity index is 2020. The Morgan fingerprint density at radius 3 is 2.04 bits per heavy atom. The van der Waals surface area contributed by atoms with Crippen LogP contribution in [0.25, 0.3) is 44.3 Å². The molecule has 5 heteroatoms. The minimum Gasteiger partial charge on any atom is -0.512 e. The standard InChI is InChI=1S/C38H40NSi.C5H8O2.Ir/c1-24-29(25-14-16-28(17-15-25)40(7,8)9)18-19-31-32-20-21-39-36(35(32)38(5,6)34(24)31)27-22-26-12-10-11-13-30(26)33(23-27)37(2,3)4;1-4(6)3-5(2)7;/h10-21,23H,1-9H3;3,6H,1-2H3;/q-1;;/b;4-3-;. The van der Waals surface area contributed by atoms with Gasteiger partial charge in [-0.3, -0.25) is 9.78 Å². The van der Waals surface area contributed by atoms with Crippen molar-refractivity contribution in [2.75, 3.05) is 0 Å². The normalized spacial score (nSPS) is 13.6. The fraction of sp³-hybridized carbons (Fsp3) is 0.302. The first-order chi connectivity index (χ1) is 21.9. The number of hydrogen-bond acceptors (Lipinski definition) is 3. The zero-order valence-electron chi connectivity index (χ0n) is 30.2. The van der Waals surface area contributed by atoms with Crippen LogP contribution in [0.15, 0.2) is 90.8 Å². The number of rotatable bonds is 4. The number of carbonyl (C=O) groups is 1. The van der Waals surface area contributed by atoms with Crippen LogP contribution in [0.2, 0.25) is 19.6 Å². The van der Waals surface area contributed by atoms with E-state index in [1.54, 1.807) is 0 Å². The zero-order chi connectivity index (χ0) is 34.5. The van der Waals surface area contributed by atoms with Crippen molar-refractivity contribution in [3.63, 3.8) is 0 Å². The summed E-state index contributed by atoms with van der Waals surface area (Å²) in [6.45, 7) is 24.0. The molecule has 0 fully saturated rings. The molecule has 5 aromatic rings. The molecule has 0 unspecified atom stereocenters. The molecular weight excluding hydrogens is 783 g/mol. The van der Waals surface area contributed by atoms with Crippen LogP contribution in [0.3, 0.4) is 0 Å². The summed E-state index contributed by atoms with van der Waals surface area (Å²) in [5, 5.41) is 12.3. The van der Waals surface area contributed by atoms with Gasteiger partial charge in [-0.1, -0.05) is 125 Å². The summed E-state index contributed by atoms with van der Waals surface area (Å²) < 4.78 is 0.